The third-order valence-electron chi connectivity index (χ3n) is 4.37. The number of hydrogen-bond acceptors (Lipinski definition) is 8. The maximum absolute atomic E-state index is 12.8. The molecule has 0 aliphatic heterocycles. The zero-order valence-electron chi connectivity index (χ0n) is 19.1. The summed E-state index contributed by atoms with van der Waals surface area (Å²) in [6.45, 7) is 0.946. The summed E-state index contributed by atoms with van der Waals surface area (Å²) in [7, 11) is 0. The maximum atomic E-state index is 12.8. The van der Waals surface area contributed by atoms with Crippen LogP contribution in [0, 0.1) is 0 Å². The minimum absolute atomic E-state index is 0.0240. The summed E-state index contributed by atoms with van der Waals surface area (Å²) < 4.78 is 0. The Morgan fingerprint density at radius 3 is 1.59 bits per heavy atom. The van der Waals surface area contributed by atoms with Crippen LogP contribution in [0.25, 0.3) is 0 Å². The summed E-state index contributed by atoms with van der Waals surface area (Å²) >= 11 is 0. The van der Waals surface area contributed by atoms with Gasteiger partial charge in [-0.3, -0.25) is 24.4 Å². The van der Waals surface area contributed by atoms with Gasteiger partial charge in [0.05, 0.1) is 12.6 Å². The molecular weight excluding hydrogens is 452 g/mol. The van der Waals surface area contributed by atoms with Crippen molar-refractivity contribution in [1.82, 2.24) is 16.0 Å². The van der Waals surface area contributed by atoms with Crippen molar-refractivity contribution >= 4 is 35.6 Å². The zero-order chi connectivity index (χ0) is 26.3. The lowest BCUT2D eigenvalue weighted by molar-refractivity contribution is -0.142. The number of nitrogens with two attached hydrogens (primary N) is 5. The highest BCUT2D eigenvalue weighted by atomic mass is 16.4. The van der Waals surface area contributed by atoms with Crippen molar-refractivity contribution in [2.24, 2.45) is 38.7 Å². The highest BCUT2D eigenvalue weighted by molar-refractivity contribution is 5.94. The van der Waals surface area contributed by atoms with Crippen molar-refractivity contribution < 1.29 is 29.4 Å². The van der Waals surface area contributed by atoms with Gasteiger partial charge in [-0.15, -0.1) is 0 Å². The number of aliphatic imine (C=N–C) groups is 2. The number of guanidine groups is 2. The van der Waals surface area contributed by atoms with Crippen LogP contribution >= 0.6 is 0 Å². The smallest absolute Gasteiger partial charge is 0.326 e. The highest BCUT2D eigenvalue weighted by Gasteiger charge is 2.29. The van der Waals surface area contributed by atoms with E-state index in [9.17, 15) is 29.4 Å². The van der Waals surface area contributed by atoms with E-state index in [1.165, 1.54) is 6.92 Å². The Labute approximate surface area is 196 Å². The summed E-state index contributed by atoms with van der Waals surface area (Å²) in [5.74, 6) is -3.93. The van der Waals surface area contributed by atoms with E-state index in [1.54, 1.807) is 0 Å². The van der Waals surface area contributed by atoms with E-state index in [0.717, 1.165) is 0 Å². The first-order valence-corrected chi connectivity index (χ1v) is 10.5. The van der Waals surface area contributed by atoms with E-state index < -0.39 is 54.5 Å². The van der Waals surface area contributed by atoms with Crippen molar-refractivity contribution in [3.05, 3.63) is 0 Å². The van der Waals surface area contributed by atoms with E-state index in [0.29, 0.717) is 0 Å². The van der Waals surface area contributed by atoms with Crippen LogP contribution in [0.5, 0.6) is 0 Å². The Balaban J connectivity index is 5.34. The molecule has 0 saturated carbocycles. The molecule has 0 fully saturated rings. The molecule has 0 radical (unpaired) electrons. The molecule has 0 aromatic heterocycles. The van der Waals surface area contributed by atoms with Crippen LogP contribution in [-0.2, 0) is 19.2 Å². The lowest BCUT2D eigenvalue weighted by atomic mass is 10.1. The lowest BCUT2D eigenvalue weighted by Gasteiger charge is -2.24. The van der Waals surface area contributed by atoms with Crippen LogP contribution in [0.15, 0.2) is 9.98 Å². The molecule has 16 nitrogen and oxygen atoms in total. The predicted molar refractivity (Wildman–Crippen MR) is 124 cm³/mol. The fourth-order valence-corrected chi connectivity index (χ4v) is 2.58. The first-order chi connectivity index (χ1) is 15.9. The van der Waals surface area contributed by atoms with Crippen molar-refractivity contribution in [3.8, 4) is 0 Å². The Bertz CT molecular complexity index is 750. The average Bonchev–Trinajstić information content (AvgIpc) is 2.74. The van der Waals surface area contributed by atoms with E-state index in [2.05, 4.69) is 25.9 Å². The summed E-state index contributed by atoms with van der Waals surface area (Å²) in [6.07, 6.45) is 0.589. The molecule has 0 spiro atoms. The average molecular weight is 489 g/mol. The number of carbonyl (C=O) groups is 4. The van der Waals surface area contributed by atoms with E-state index in [4.69, 9.17) is 28.7 Å². The predicted octanol–water partition coefficient (Wildman–Crippen LogP) is -5.03. The third kappa shape index (κ3) is 13.0. The molecule has 194 valence electrons. The van der Waals surface area contributed by atoms with Gasteiger partial charge in [-0.05, 0) is 32.6 Å². The minimum atomic E-state index is -1.37. The quantitative estimate of drug-likeness (QED) is 0.0556. The monoisotopic (exact) mass is 488 g/mol. The Morgan fingerprint density at radius 2 is 1.18 bits per heavy atom. The van der Waals surface area contributed by atoms with Gasteiger partial charge in [-0.1, -0.05) is 0 Å². The van der Waals surface area contributed by atoms with Crippen molar-refractivity contribution in [3.63, 3.8) is 0 Å². The standard InChI is InChI=1S/C18H36N10O6/c1-9(19)13(30)28-12(8-29)15(32)26-10(4-2-6-24-17(20)21)14(31)27-11(16(33)34)5-3-7-25-18(22)23/h9-12,29H,2-8,19H2,1H3,(H,26,32)(H,27,31)(H,28,30)(H,33,34)(H4,20,21,24)(H4,22,23,25). The largest absolute Gasteiger partial charge is 0.480 e. The highest BCUT2D eigenvalue weighted by Crippen LogP contribution is 2.04. The minimum Gasteiger partial charge on any atom is -0.480 e. The Morgan fingerprint density at radius 1 is 0.765 bits per heavy atom. The van der Waals surface area contributed by atoms with E-state index in [-0.39, 0.29) is 50.7 Å². The Hall–Kier alpha value is -3.66. The van der Waals surface area contributed by atoms with Gasteiger partial charge in [0.1, 0.15) is 18.1 Å². The number of hydrogen-bond donors (Lipinski definition) is 10. The molecule has 0 heterocycles. The molecular formula is C18H36N10O6. The SMILES string of the molecule is CC(N)C(=O)NC(CO)C(=O)NC(CCCN=C(N)N)C(=O)NC(CCCN=C(N)N)C(=O)O. The summed E-state index contributed by atoms with van der Waals surface area (Å²) in [5, 5.41) is 25.9. The summed E-state index contributed by atoms with van der Waals surface area (Å²) in [6, 6.07) is -4.79. The molecule has 0 bridgehead atoms. The fourth-order valence-electron chi connectivity index (χ4n) is 2.58. The van der Waals surface area contributed by atoms with Gasteiger partial charge < -0.3 is 54.8 Å². The third-order valence-corrected chi connectivity index (χ3v) is 4.37. The number of nitrogens with zero attached hydrogens (tertiary/aromatic N) is 2. The molecule has 15 N–H and O–H groups in total. The number of aliphatic hydroxyl groups excluding tert-OH is 1. The van der Waals surface area contributed by atoms with Gasteiger partial charge in [0.25, 0.3) is 0 Å². The summed E-state index contributed by atoms with van der Waals surface area (Å²) in [4.78, 5) is 56.2. The van der Waals surface area contributed by atoms with Gasteiger partial charge in [-0.2, -0.15) is 0 Å². The number of aliphatic hydroxyl groups is 1. The first kappa shape index (κ1) is 30.3. The molecule has 4 unspecified atom stereocenters. The molecule has 0 aliphatic carbocycles. The fraction of sp³-hybridized carbons (Fsp3) is 0.667. The van der Waals surface area contributed by atoms with Crippen molar-refractivity contribution in [1.29, 1.82) is 0 Å². The van der Waals surface area contributed by atoms with Crippen LogP contribution in [0.2, 0.25) is 0 Å². The molecule has 0 aromatic rings. The van der Waals surface area contributed by atoms with Crippen LogP contribution < -0.4 is 44.6 Å². The number of nitrogens with one attached hydrogen (secondary N) is 3. The second-order valence-corrected chi connectivity index (χ2v) is 7.39. The molecule has 34 heavy (non-hydrogen) atoms. The van der Waals surface area contributed by atoms with Crippen LogP contribution in [-0.4, -0.2) is 89.7 Å². The summed E-state index contributed by atoms with van der Waals surface area (Å²) in [5.41, 5.74) is 26.4. The van der Waals surface area contributed by atoms with Gasteiger partial charge in [0.2, 0.25) is 17.7 Å². The Kier molecular flexibility index (Phi) is 14.3. The van der Waals surface area contributed by atoms with Gasteiger partial charge in [0.15, 0.2) is 11.9 Å². The first-order valence-electron chi connectivity index (χ1n) is 10.5. The number of carboxylic acids is 1. The van der Waals surface area contributed by atoms with E-state index in [1.807, 2.05) is 0 Å². The lowest BCUT2D eigenvalue weighted by Crippen LogP contribution is -2.57. The number of amides is 3. The van der Waals surface area contributed by atoms with Crippen molar-refractivity contribution in [2.75, 3.05) is 19.7 Å². The molecule has 0 aromatic carbocycles. The second-order valence-electron chi connectivity index (χ2n) is 7.39. The number of rotatable bonds is 16. The number of carboxylic acid groups (broad SMARTS) is 1. The molecule has 0 rings (SSSR count). The number of carbonyl (C=O) groups excluding carboxylic acids is 3. The molecule has 16 heteroatoms. The normalized spacial score (nSPS) is 14.0. The molecule has 0 aliphatic rings. The van der Waals surface area contributed by atoms with Gasteiger partial charge in [0, 0.05) is 13.1 Å². The molecule has 3 amide bonds. The van der Waals surface area contributed by atoms with Crippen LogP contribution in [0.1, 0.15) is 32.6 Å². The van der Waals surface area contributed by atoms with E-state index >= 15 is 0 Å². The second kappa shape index (κ2) is 16.0. The van der Waals surface area contributed by atoms with Crippen LogP contribution in [0.4, 0.5) is 0 Å². The maximum Gasteiger partial charge on any atom is 0.326 e. The van der Waals surface area contributed by atoms with Crippen molar-refractivity contribution in [2.45, 2.75) is 56.8 Å². The van der Waals surface area contributed by atoms with Gasteiger partial charge in [-0.25, -0.2) is 4.79 Å². The topological polar surface area (TPSA) is 300 Å². The molecule has 4 atom stereocenters. The van der Waals surface area contributed by atoms with Gasteiger partial charge >= 0.3 is 5.97 Å². The van der Waals surface area contributed by atoms with Crippen LogP contribution in [0.3, 0.4) is 0 Å². The molecule has 0 saturated heterocycles. The zero-order valence-corrected chi connectivity index (χ0v) is 19.1. The number of aliphatic carboxylic acids is 1.